The minimum atomic E-state index is -0.853. The van der Waals surface area contributed by atoms with Crippen LogP contribution in [0.25, 0.3) is 0 Å². The number of amides is 1. The number of oxime groups is 1. The van der Waals surface area contributed by atoms with Gasteiger partial charge in [0.15, 0.2) is 5.78 Å². The molecular weight excluding hydrogens is 495 g/mol. The predicted octanol–water partition coefficient (Wildman–Crippen LogP) is 5.26. The van der Waals surface area contributed by atoms with Crippen molar-refractivity contribution in [1.29, 1.82) is 0 Å². The van der Waals surface area contributed by atoms with Crippen molar-refractivity contribution in [1.82, 2.24) is 15.5 Å². The molecule has 5 aliphatic rings. The average Bonchev–Trinajstić information content (AvgIpc) is 3.49. The fraction of sp³-hybridized carbons (Fsp3) is 0.839. The molecule has 4 fully saturated rings. The summed E-state index contributed by atoms with van der Waals surface area (Å²) in [6.07, 6.45) is 10.4. The number of ketones is 1. The lowest BCUT2D eigenvalue weighted by Gasteiger charge is -2.58. The lowest BCUT2D eigenvalue weighted by atomic mass is 9.46. The third-order valence-corrected chi connectivity index (χ3v) is 11.6. The Morgan fingerprint density at radius 2 is 1.97 bits per heavy atom. The monoisotopic (exact) mass is 544 g/mol. The molecule has 218 valence electrons. The molecule has 5 rings (SSSR count). The van der Waals surface area contributed by atoms with Crippen LogP contribution in [0.1, 0.15) is 85.0 Å². The van der Waals surface area contributed by atoms with Crippen LogP contribution in [0.3, 0.4) is 0 Å². The molecule has 2 N–H and O–H groups in total. The molecule has 4 aliphatic carbocycles. The molecule has 0 spiro atoms. The van der Waals surface area contributed by atoms with Crippen molar-refractivity contribution in [3.63, 3.8) is 0 Å². The highest BCUT2D eigenvalue weighted by Gasteiger charge is 2.59. The van der Waals surface area contributed by atoms with Crippen molar-refractivity contribution in [2.24, 2.45) is 39.7 Å². The number of nitrogens with zero attached hydrogens (tertiary/aromatic N) is 2. The van der Waals surface area contributed by atoms with Crippen LogP contribution in [-0.2, 0) is 9.63 Å². The molecule has 0 aromatic rings. The van der Waals surface area contributed by atoms with E-state index in [0.717, 1.165) is 31.4 Å². The Morgan fingerprint density at radius 3 is 2.72 bits per heavy atom. The number of hydrogen-bond acceptors (Lipinski definition) is 6. The zero-order valence-electron chi connectivity index (χ0n) is 24.4. The van der Waals surface area contributed by atoms with Gasteiger partial charge in [0.1, 0.15) is 6.17 Å². The van der Waals surface area contributed by atoms with Crippen LogP contribution in [0.4, 0.5) is 9.18 Å². The van der Waals surface area contributed by atoms with Crippen LogP contribution < -0.4 is 10.6 Å². The number of fused-ring (bicyclic) bond motifs is 5. The molecule has 8 heteroatoms. The summed E-state index contributed by atoms with van der Waals surface area (Å²) in [7, 11) is 1.85. The molecule has 3 saturated carbocycles. The van der Waals surface area contributed by atoms with Crippen LogP contribution in [0, 0.1) is 34.5 Å². The Labute approximate surface area is 233 Å². The molecule has 7 nitrogen and oxygen atoms in total. The summed E-state index contributed by atoms with van der Waals surface area (Å²) in [5.74, 6) is 2.64. The molecule has 1 aliphatic heterocycles. The van der Waals surface area contributed by atoms with Gasteiger partial charge in [0.2, 0.25) is 0 Å². The topological polar surface area (TPSA) is 83.0 Å². The summed E-state index contributed by atoms with van der Waals surface area (Å²) in [5, 5.41) is 10.7. The van der Waals surface area contributed by atoms with Crippen LogP contribution >= 0.6 is 0 Å². The molecular formula is C31H49FN4O3. The molecule has 0 bridgehead atoms. The van der Waals surface area contributed by atoms with Gasteiger partial charge < -0.3 is 15.5 Å². The van der Waals surface area contributed by atoms with E-state index in [4.69, 9.17) is 4.84 Å². The largest absolute Gasteiger partial charge is 0.436 e. The lowest BCUT2D eigenvalue weighted by Crippen LogP contribution is -2.51. The van der Waals surface area contributed by atoms with E-state index < -0.39 is 12.3 Å². The Bertz CT molecular complexity index is 1000. The van der Waals surface area contributed by atoms with E-state index in [2.05, 4.69) is 29.6 Å². The van der Waals surface area contributed by atoms with Gasteiger partial charge in [-0.25, -0.2) is 9.18 Å². The van der Waals surface area contributed by atoms with Crippen molar-refractivity contribution in [2.75, 3.05) is 33.2 Å². The highest BCUT2D eigenvalue weighted by atomic mass is 19.1. The van der Waals surface area contributed by atoms with E-state index in [-0.39, 0.29) is 16.9 Å². The highest BCUT2D eigenvalue weighted by Crippen LogP contribution is 2.66. The Hall–Kier alpha value is -1.80. The van der Waals surface area contributed by atoms with E-state index >= 15 is 0 Å². The summed E-state index contributed by atoms with van der Waals surface area (Å²) in [5.41, 5.74) is 2.69. The second kappa shape index (κ2) is 11.6. The molecule has 0 aromatic heterocycles. The zero-order chi connectivity index (χ0) is 27.8. The molecule has 0 radical (unpaired) electrons. The second-order valence-electron chi connectivity index (χ2n) is 13.5. The minimum Gasteiger partial charge on any atom is -0.318 e. The molecule has 1 amide bonds. The third-order valence-electron chi connectivity index (χ3n) is 11.6. The van der Waals surface area contributed by atoms with Crippen molar-refractivity contribution >= 4 is 17.6 Å². The molecule has 2 unspecified atom stereocenters. The normalized spacial score (nSPS) is 40.0. The minimum absolute atomic E-state index is 0.166. The number of halogens is 1. The standard InChI is InChI=1S/C31H49FN4O3/c1-20(35-39-29(38)36(18-16-33-4)17-12-28-27(32)11-15-34-28)24-7-8-25-23-6-5-21-19-22(37)9-13-30(21,2)26(23)10-14-31(24,25)3/h19,23-28,33-34H,5-18H2,1-4H3/b35-20+/t23-,24+,25-,26-,27?,28?,30-,31+/m0/s1. The number of carbonyl (C=O) groups is 2. The zero-order valence-corrected chi connectivity index (χ0v) is 24.4. The van der Waals surface area contributed by atoms with Crippen molar-refractivity contribution in [3.05, 3.63) is 11.6 Å². The van der Waals surface area contributed by atoms with Crippen molar-refractivity contribution in [3.8, 4) is 0 Å². The third kappa shape index (κ3) is 5.44. The number of alkyl halides is 1. The smallest absolute Gasteiger partial charge is 0.318 e. The van der Waals surface area contributed by atoms with E-state index in [1.165, 1.54) is 24.8 Å². The van der Waals surface area contributed by atoms with Gasteiger partial charge in [-0.05, 0) is 113 Å². The predicted molar refractivity (Wildman–Crippen MR) is 151 cm³/mol. The van der Waals surface area contributed by atoms with E-state index in [0.29, 0.717) is 74.9 Å². The maximum atomic E-state index is 14.1. The number of allylic oxidation sites excluding steroid dienone is 1. The van der Waals surface area contributed by atoms with Gasteiger partial charge in [0.05, 0.1) is 5.71 Å². The van der Waals surface area contributed by atoms with Gasteiger partial charge in [0, 0.05) is 38.0 Å². The molecule has 1 saturated heterocycles. The highest BCUT2D eigenvalue weighted by molar-refractivity contribution is 5.91. The summed E-state index contributed by atoms with van der Waals surface area (Å²) in [4.78, 5) is 32.3. The molecule has 1 heterocycles. The van der Waals surface area contributed by atoms with Gasteiger partial charge in [-0.1, -0.05) is 24.6 Å². The van der Waals surface area contributed by atoms with E-state index in [1.807, 2.05) is 20.0 Å². The van der Waals surface area contributed by atoms with Crippen LogP contribution in [0.2, 0.25) is 0 Å². The second-order valence-corrected chi connectivity index (χ2v) is 13.5. The van der Waals surface area contributed by atoms with Gasteiger partial charge >= 0.3 is 6.09 Å². The van der Waals surface area contributed by atoms with Gasteiger partial charge in [-0.15, -0.1) is 0 Å². The quantitative estimate of drug-likeness (QED) is 0.248. The number of rotatable bonds is 8. The Morgan fingerprint density at radius 1 is 1.15 bits per heavy atom. The summed E-state index contributed by atoms with van der Waals surface area (Å²) >= 11 is 0. The first-order valence-corrected chi connectivity index (χ1v) is 15.4. The summed E-state index contributed by atoms with van der Waals surface area (Å²) in [6, 6.07) is -0.201. The molecule has 0 aromatic carbocycles. The van der Waals surface area contributed by atoms with Crippen LogP contribution in [-0.4, -0.2) is 67.9 Å². The van der Waals surface area contributed by atoms with Gasteiger partial charge in [-0.3, -0.25) is 9.63 Å². The fourth-order valence-electron chi connectivity index (χ4n) is 9.33. The number of nitrogens with one attached hydrogen (secondary N) is 2. The maximum absolute atomic E-state index is 14.1. The maximum Gasteiger partial charge on any atom is 0.436 e. The lowest BCUT2D eigenvalue weighted by molar-refractivity contribution is -0.117. The first-order chi connectivity index (χ1) is 18.7. The molecule has 8 atom stereocenters. The number of carbonyl (C=O) groups excluding carboxylic acids is 2. The van der Waals surface area contributed by atoms with Crippen molar-refractivity contribution < 1.29 is 18.8 Å². The summed E-state index contributed by atoms with van der Waals surface area (Å²) in [6.45, 7) is 9.19. The Kier molecular flexibility index (Phi) is 8.54. The van der Waals surface area contributed by atoms with E-state index in [9.17, 15) is 14.0 Å². The first kappa shape index (κ1) is 28.7. The first-order valence-electron chi connectivity index (χ1n) is 15.4. The SMILES string of the molecule is CNCCN(CCC1NCCC1F)C(=O)O/N=C(\C)[C@H]1CC[C@H]2[C@@H]3CCC4=CC(=O)CC[C@]4(C)[C@H]3CC[C@]12C. The van der Waals surface area contributed by atoms with Crippen molar-refractivity contribution in [2.45, 2.75) is 97.2 Å². The van der Waals surface area contributed by atoms with E-state index in [1.54, 1.807) is 4.90 Å². The Balaban J connectivity index is 1.23. The summed E-state index contributed by atoms with van der Waals surface area (Å²) < 4.78 is 14.1. The number of hydrogen-bond donors (Lipinski definition) is 2. The molecule has 39 heavy (non-hydrogen) atoms. The average molecular weight is 545 g/mol. The van der Waals surface area contributed by atoms with Gasteiger partial charge in [0.25, 0.3) is 0 Å². The van der Waals surface area contributed by atoms with Gasteiger partial charge in [-0.2, -0.15) is 0 Å². The fourth-order valence-corrected chi connectivity index (χ4v) is 9.33. The number of likely N-dealkylation sites (N-methyl/N-ethyl adjacent to an activating group) is 1. The van der Waals surface area contributed by atoms with Crippen LogP contribution in [0.15, 0.2) is 16.8 Å². The van der Waals surface area contributed by atoms with Crippen LogP contribution in [0.5, 0.6) is 0 Å².